The second-order valence-electron chi connectivity index (χ2n) is 5.93. The summed E-state index contributed by atoms with van der Waals surface area (Å²) in [5.41, 5.74) is 3.54. The zero-order chi connectivity index (χ0) is 18.8. The van der Waals surface area contributed by atoms with E-state index in [1.165, 1.54) is 0 Å². The van der Waals surface area contributed by atoms with Gasteiger partial charge in [0.25, 0.3) is 5.56 Å². The van der Waals surface area contributed by atoms with Crippen LogP contribution in [0.2, 0.25) is 5.02 Å². The van der Waals surface area contributed by atoms with Crippen molar-refractivity contribution in [2.75, 3.05) is 10.6 Å². The molecule has 0 amide bonds. The molecule has 0 radical (unpaired) electrons. The normalized spacial score (nSPS) is 10.6. The van der Waals surface area contributed by atoms with Crippen molar-refractivity contribution in [1.82, 2.24) is 9.36 Å². The van der Waals surface area contributed by atoms with Crippen molar-refractivity contribution in [3.63, 3.8) is 0 Å². The van der Waals surface area contributed by atoms with Crippen molar-refractivity contribution in [1.29, 1.82) is 0 Å². The fourth-order valence-corrected chi connectivity index (χ4v) is 3.11. The van der Waals surface area contributed by atoms with E-state index >= 15 is 0 Å². The van der Waals surface area contributed by atoms with E-state index in [1.54, 1.807) is 9.36 Å². The van der Waals surface area contributed by atoms with Crippen molar-refractivity contribution >= 4 is 40.3 Å². The molecule has 0 aliphatic heterocycles. The van der Waals surface area contributed by atoms with E-state index in [9.17, 15) is 4.79 Å². The van der Waals surface area contributed by atoms with Crippen LogP contribution < -0.4 is 16.2 Å². The number of hydrogen-bond donors (Lipinski definition) is 2. The molecule has 0 saturated carbocycles. The molecule has 134 valence electrons. The molecule has 3 aromatic rings. The summed E-state index contributed by atoms with van der Waals surface area (Å²) in [5, 5.41) is 7.12. The summed E-state index contributed by atoms with van der Waals surface area (Å²) < 4.78 is 3.40. The van der Waals surface area contributed by atoms with Gasteiger partial charge in [0.1, 0.15) is 5.69 Å². The molecule has 2 N–H and O–H groups in total. The number of aromatic nitrogens is 2. The molecule has 3 rings (SSSR count). The summed E-state index contributed by atoms with van der Waals surface area (Å²) >= 11 is 11.5. The molecule has 7 heteroatoms. The Balaban J connectivity index is 1.90. The molecule has 1 heterocycles. The van der Waals surface area contributed by atoms with Crippen LogP contribution in [0.4, 0.5) is 11.4 Å². The van der Waals surface area contributed by atoms with Crippen molar-refractivity contribution in [3.05, 3.63) is 75.2 Å². The summed E-state index contributed by atoms with van der Waals surface area (Å²) in [5.74, 6) is 0. The lowest BCUT2D eigenvalue weighted by Gasteiger charge is -2.12. The second kappa shape index (κ2) is 7.35. The topological polar surface area (TPSA) is 51.0 Å². The minimum atomic E-state index is -0.164. The average molecular weight is 387 g/mol. The summed E-state index contributed by atoms with van der Waals surface area (Å²) in [7, 11) is 1.84. The molecule has 0 spiro atoms. The number of hydrogen-bond acceptors (Lipinski definition) is 2. The maximum absolute atomic E-state index is 12.9. The van der Waals surface area contributed by atoms with Crippen LogP contribution >= 0.6 is 23.8 Å². The van der Waals surface area contributed by atoms with Gasteiger partial charge in [-0.3, -0.25) is 9.48 Å². The van der Waals surface area contributed by atoms with E-state index in [0.29, 0.717) is 15.8 Å². The number of halogens is 1. The lowest BCUT2D eigenvalue weighted by Crippen LogP contribution is -2.25. The first-order valence-corrected chi connectivity index (χ1v) is 8.86. The molecule has 2 aromatic carbocycles. The Morgan fingerprint density at radius 2 is 1.73 bits per heavy atom. The predicted molar refractivity (Wildman–Crippen MR) is 112 cm³/mol. The molecule has 0 fully saturated rings. The Hall–Kier alpha value is -2.57. The molecular formula is C19H19ClN4OS. The van der Waals surface area contributed by atoms with Gasteiger partial charge in [-0.2, -0.15) is 0 Å². The number of thiocarbonyl (C=S) groups is 1. The van der Waals surface area contributed by atoms with Crippen LogP contribution in [-0.4, -0.2) is 14.5 Å². The van der Waals surface area contributed by atoms with E-state index in [0.717, 1.165) is 22.6 Å². The van der Waals surface area contributed by atoms with Crippen LogP contribution in [0.1, 0.15) is 11.3 Å². The minimum Gasteiger partial charge on any atom is -0.332 e. The SMILES string of the molecule is Cc1c(Cl)cccc1NC(=S)Nc1c(C)n(C)n(-c2ccccc2)c1=O. The van der Waals surface area contributed by atoms with Crippen LogP contribution in [0.15, 0.2) is 53.3 Å². The maximum atomic E-state index is 12.9. The van der Waals surface area contributed by atoms with Crippen LogP contribution in [0.3, 0.4) is 0 Å². The molecule has 0 atom stereocenters. The number of nitrogens with zero attached hydrogens (tertiary/aromatic N) is 2. The maximum Gasteiger partial charge on any atom is 0.295 e. The number of rotatable bonds is 3. The van der Waals surface area contributed by atoms with Gasteiger partial charge in [0, 0.05) is 17.8 Å². The van der Waals surface area contributed by atoms with Gasteiger partial charge in [0.05, 0.1) is 11.4 Å². The van der Waals surface area contributed by atoms with Gasteiger partial charge < -0.3 is 10.6 Å². The fraction of sp³-hybridized carbons (Fsp3) is 0.158. The second-order valence-corrected chi connectivity index (χ2v) is 6.74. The average Bonchev–Trinajstić information content (AvgIpc) is 2.83. The summed E-state index contributed by atoms with van der Waals surface area (Å²) in [6, 6.07) is 15.0. The molecule has 0 unspecified atom stereocenters. The molecule has 0 aliphatic rings. The lowest BCUT2D eigenvalue weighted by atomic mass is 10.2. The number of anilines is 2. The van der Waals surface area contributed by atoms with Gasteiger partial charge >= 0.3 is 0 Å². The minimum absolute atomic E-state index is 0.164. The van der Waals surface area contributed by atoms with Gasteiger partial charge in [-0.15, -0.1) is 0 Å². The van der Waals surface area contributed by atoms with Gasteiger partial charge in [0.15, 0.2) is 5.11 Å². The van der Waals surface area contributed by atoms with E-state index in [-0.39, 0.29) is 5.56 Å². The Bertz CT molecular complexity index is 1020. The summed E-state index contributed by atoms with van der Waals surface area (Å²) in [6.07, 6.45) is 0. The highest BCUT2D eigenvalue weighted by molar-refractivity contribution is 7.80. The highest BCUT2D eigenvalue weighted by atomic mass is 35.5. The standard InChI is InChI=1S/C19H19ClN4OS/c1-12-15(20)10-7-11-16(12)21-19(26)22-17-13(2)23(3)24(18(17)25)14-8-5-4-6-9-14/h4-11H,1-3H3,(H2,21,22,26). The first-order valence-electron chi connectivity index (χ1n) is 8.07. The van der Waals surface area contributed by atoms with E-state index in [1.807, 2.05) is 69.4 Å². The van der Waals surface area contributed by atoms with E-state index in [2.05, 4.69) is 10.6 Å². The summed E-state index contributed by atoms with van der Waals surface area (Å²) in [6.45, 7) is 3.78. The van der Waals surface area contributed by atoms with Crippen molar-refractivity contribution in [3.8, 4) is 5.69 Å². The Morgan fingerprint density at radius 1 is 1.04 bits per heavy atom. The first kappa shape index (κ1) is 18.2. The Morgan fingerprint density at radius 3 is 2.42 bits per heavy atom. The fourth-order valence-electron chi connectivity index (χ4n) is 2.72. The van der Waals surface area contributed by atoms with Crippen molar-refractivity contribution in [2.24, 2.45) is 7.05 Å². The quantitative estimate of drug-likeness (QED) is 0.660. The first-order chi connectivity index (χ1) is 12.4. The third kappa shape index (κ3) is 3.38. The van der Waals surface area contributed by atoms with E-state index in [4.69, 9.17) is 23.8 Å². The highest BCUT2D eigenvalue weighted by Gasteiger charge is 2.17. The smallest absolute Gasteiger partial charge is 0.295 e. The van der Waals surface area contributed by atoms with Gasteiger partial charge in [-0.05, 0) is 55.9 Å². The van der Waals surface area contributed by atoms with Gasteiger partial charge in [-0.25, -0.2) is 4.68 Å². The predicted octanol–water partition coefficient (Wildman–Crippen LogP) is 4.26. The third-order valence-corrected chi connectivity index (χ3v) is 4.92. The molecule has 5 nitrogen and oxygen atoms in total. The molecule has 1 aromatic heterocycles. The van der Waals surface area contributed by atoms with Crippen LogP contribution in [0, 0.1) is 13.8 Å². The number of nitrogens with one attached hydrogen (secondary N) is 2. The molecule has 26 heavy (non-hydrogen) atoms. The van der Waals surface area contributed by atoms with E-state index < -0.39 is 0 Å². The lowest BCUT2D eigenvalue weighted by molar-refractivity contribution is 0.630. The monoisotopic (exact) mass is 386 g/mol. The molecular weight excluding hydrogens is 368 g/mol. The third-order valence-electron chi connectivity index (χ3n) is 4.31. The number of para-hydroxylation sites is 1. The Labute approximate surface area is 162 Å². The zero-order valence-electron chi connectivity index (χ0n) is 14.7. The molecule has 0 aliphatic carbocycles. The van der Waals surface area contributed by atoms with Crippen molar-refractivity contribution in [2.45, 2.75) is 13.8 Å². The number of benzene rings is 2. The zero-order valence-corrected chi connectivity index (χ0v) is 16.3. The van der Waals surface area contributed by atoms with Gasteiger partial charge in [0.2, 0.25) is 0 Å². The van der Waals surface area contributed by atoms with Crippen LogP contribution in [0.5, 0.6) is 0 Å². The van der Waals surface area contributed by atoms with Crippen molar-refractivity contribution < 1.29 is 0 Å². The Kier molecular flexibility index (Phi) is 5.15. The van der Waals surface area contributed by atoms with Crippen LogP contribution in [0.25, 0.3) is 5.69 Å². The summed E-state index contributed by atoms with van der Waals surface area (Å²) in [4.78, 5) is 12.9. The molecule has 0 saturated heterocycles. The molecule has 0 bridgehead atoms. The van der Waals surface area contributed by atoms with Gasteiger partial charge in [-0.1, -0.05) is 35.9 Å². The largest absolute Gasteiger partial charge is 0.332 e. The highest BCUT2D eigenvalue weighted by Crippen LogP contribution is 2.23. The van der Waals surface area contributed by atoms with Crippen LogP contribution in [-0.2, 0) is 7.05 Å².